The van der Waals surface area contributed by atoms with Crippen LogP contribution >= 0.6 is 0 Å². The number of hydrogen-bond donors (Lipinski definition) is 1. The fourth-order valence-corrected chi connectivity index (χ4v) is 5.11. The first-order chi connectivity index (χ1) is 14.6. The van der Waals surface area contributed by atoms with Gasteiger partial charge in [-0.1, -0.05) is 24.3 Å². The molecule has 0 saturated carbocycles. The van der Waals surface area contributed by atoms with Crippen molar-refractivity contribution in [2.75, 3.05) is 39.8 Å². The lowest BCUT2D eigenvalue weighted by atomic mass is 9.83. The Labute approximate surface area is 180 Å². The Morgan fingerprint density at radius 2 is 1.87 bits per heavy atom. The minimum Gasteiger partial charge on any atom is -0.497 e. The Hall–Kier alpha value is -1.95. The van der Waals surface area contributed by atoms with E-state index in [-0.39, 0.29) is 5.82 Å². The number of hydrogen-bond acceptors (Lipinski definition) is 4. The summed E-state index contributed by atoms with van der Waals surface area (Å²) >= 11 is 0. The van der Waals surface area contributed by atoms with Crippen molar-refractivity contribution in [2.45, 2.75) is 38.4 Å². The van der Waals surface area contributed by atoms with Gasteiger partial charge in [-0.3, -0.25) is 9.80 Å². The van der Waals surface area contributed by atoms with Crippen molar-refractivity contribution >= 4 is 0 Å². The molecule has 0 unspecified atom stereocenters. The molecule has 2 heterocycles. The second kappa shape index (κ2) is 9.90. The molecule has 2 atom stereocenters. The molecule has 0 aromatic heterocycles. The molecule has 2 aromatic rings. The molecule has 0 spiro atoms. The molecule has 2 aromatic carbocycles. The highest BCUT2D eigenvalue weighted by atomic mass is 19.1. The maximum Gasteiger partial charge on any atom is 0.123 e. The van der Waals surface area contributed by atoms with Crippen LogP contribution in [0.5, 0.6) is 5.75 Å². The Morgan fingerprint density at radius 1 is 1.10 bits per heavy atom. The molecule has 2 aliphatic rings. The molecule has 30 heavy (non-hydrogen) atoms. The van der Waals surface area contributed by atoms with E-state index in [0.717, 1.165) is 63.4 Å². The molecule has 1 N–H and O–H groups in total. The van der Waals surface area contributed by atoms with Gasteiger partial charge in [0.15, 0.2) is 0 Å². The third-order valence-electron chi connectivity index (χ3n) is 6.74. The van der Waals surface area contributed by atoms with E-state index in [1.165, 1.54) is 5.56 Å². The van der Waals surface area contributed by atoms with Gasteiger partial charge in [-0.05, 0) is 74.2 Å². The molecule has 162 valence electrons. The minimum absolute atomic E-state index is 0.128. The summed E-state index contributed by atoms with van der Waals surface area (Å²) in [7, 11) is 1.70. The van der Waals surface area contributed by atoms with Crippen molar-refractivity contribution in [3.05, 3.63) is 65.5 Å². The van der Waals surface area contributed by atoms with Gasteiger partial charge in [0.2, 0.25) is 0 Å². The molecule has 0 amide bonds. The van der Waals surface area contributed by atoms with Gasteiger partial charge >= 0.3 is 0 Å². The van der Waals surface area contributed by atoms with Crippen molar-refractivity contribution in [1.82, 2.24) is 15.1 Å². The van der Waals surface area contributed by atoms with Crippen LogP contribution in [0.2, 0.25) is 0 Å². The summed E-state index contributed by atoms with van der Waals surface area (Å²) in [4.78, 5) is 5.15. The van der Waals surface area contributed by atoms with E-state index in [4.69, 9.17) is 4.74 Å². The van der Waals surface area contributed by atoms with E-state index in [1.54, 1.807) is 19.2 Å². The smallest absolute Gasteiger partial charge is 0.123 e. The van der Waals surface area contributed by atoms with E-state index in [9.17, 15) is 4.39 Å². The van der Waals surface area contributed by atoms with E-state index in [1.807, 2.05) is 18.2 Å². The van der Waals surface area contributed by atoms with Gasteiger partial charge < -0.3 is 10.1 Å². The molecule has 0 bridgehead atoms. The number of nitrogens with zero attached hydrogens (tertiary/aromatic N) is 2. The fraction of sp³-hybridized carbons (Fsp3) is 0.520. The predicted molar refractivity (Wildman–Crippen MR) is 119 cm³/mol. The van der Waals surface area contributed by atoms with Crippen molar-refractivity contribution < 1.29 is 9.13 Å². The zero-order chi connectivity index (χ0) is 20.9. The average Bonchev–Trinajstić information content (AvgIpc) is 2.77. The summed E-state index contributed by atoms with van der Waals surface area (Å²) in [6.07, 6.45) is 2.29. The van der Waals surface area contributed by atoms with E-state index in [0.29, 0.717) is 18.0 Å². The number of halogens is 1. The molecular weight excluding hydrogens is 377 g/mol. The first-order valence-electron chi connectivity index (χ1n) is 11.2. The van der Waals surface area contributed by atoms with Gasteiger partial charge in [-0.15, -0.1) is 0 Å². The number of ether oxygens (including phenoxy) is 1. The lowest BCUT2D eigenvalue weighted by Gasteiger charge is -2.46. The van der Waals surface area contributed by atoms with Crippen molar-refractivity contribution in [3.8, 4) is 5.75 Å². The third kappa shape index (κ3) is 5.02. The lowest BCUT2D eigenvalue weighted by Crippen LogP contribution is -2.53. The topological polar surface area (TPSA) is 27.7 Å². The van der Waals surface area contributed by atoms with Gasteiger partial charge in [0.1, 0.15) is 11.6 Å². The van der Waals surface area contributed by atoms with E-state index in [2.05, 4.69) is 40.2 Å². The zero-order valence-corrected chi connectivity index (χ0v) is 18.2. The zero-order valence-electron chi connectivity index (χ0n) is 18.2. The van der Waals surface area contributed by atoms with Crippen LogP contribution in [0, 0.1) is 11.7 Å². The number of nitrogens with one attached hydrogen (secondary N) is 1. The van der Waals surface area contributed by atoms with Gasteiger partial charge in [-0.2, -0.15) is 0 Å². The normalized spacial score (nSPS) is 22.7. The highest BCUT2D eigenvalue weighted by molar-refractivity contribution is 5.27. The van der Waals surface area contributed by atoms with Crippen LogP contribution < -0.4 is 10.1 Å². The van der Waals surface area contributed by atoms with Crippen molar-refractivity contribution in [3.63, 3.8) is 0 Å². The molecule has 0 aliphatic carbocycles. The largest absolute Gasteiger partial charge is 0.497 e. The number of piperazine rings is 1. The van der Waals surface area contributed by atoms with Crippen molar-refractivity contribution in [1.29, 1.82) is 0 Å². The Bertz CT molecular complexity index is 804. The summed E-state index contributed by atoms with van der Waals surface area (Å²) in [5.41, 5.74) is 2.46. The molecule has 5 heteroatoms. The number of likely N-dealkylation sites (tertiary alicyclic amines) is 1. The second-order valence-corrected chi connectivity index (χ2v) is 8.75. The van der Waals surface area contributed by atoms with Crippen LogP contribution in [0.1, 0.15) is 36.9 Å². The SMILES string of the molecule is COc1ccc(CN2CCC([C@H](c3cccc(F)c3)N3CCNC[C@@H]3C)CC2)cc1. The van der Waals surface area contributed by atoms with Gasteiger partial charge in [0, 0.05) is 38.3 Å². The van der Waals surface area contributed by atoms with Gasteiger partial charge in [0.05, 0.1) is 7.11 Å². The van der Waals surface area contributed by atoms with Crippen LogP contribution in [-0.4, -0.2) is 55.7 Å². The molecule has 4 rings (SSSR count). The maximum absolute atomic E-state index is 14.1. The summed E-state index contributed by atoms with van der Waals surface area (Å²) in [6.45, 7) is 8.47. The Morgan fingerprint density at radius 3 is 2.53 bits per heavy atom. The van der Waals surface area contributed by atoms with Crippen LogP contribution in [0.3, 0.4) is 0 Å². The second-order valence-electron chi connectivity index (χ2n) is 8.75. The molecule has 2 aliphatic heterocycles. The molecule has 2 fully saturated rings. The molecule has 0 radical (unpaired) electrons. The van der Waals surface area contributed by atoms with Crippen LogP contribution in [-0.2, 0) is 6.54 Å². The maximum atomic E-state index is 14.1. The summed E-state index contributed by atoms with van der Waals surface area (Å²) in [5.74, 6) is 1.33. The molecule has 2 saturated heterocycles. The highest BCUT2D eigenvalue weighted by Gasteiger charge is 2.35. The number of rotatable bonds is 6. The van der Waals surface area contributed by atoms with E-state index >= 15 is 0 Å². The van der Waals surface area contributed by atoms with Crippen LogP contribution in [0.4, 0.5) is 4.39 Å². The quantitative estimate of drug-likeness (QED) is 0.775. The van der Waals surface area contributed by atoms with Gasteiger partial charge in [-0.25, -0.2) is 4.39 Å². The standard InChI is InChI=1S/C25H34FN3O/c1-19-17-27-12-15-29(19)25(22-4-3-5-23(26)16-22)21-10-13-28(14-11-21)18-20-6-8-24(30-2)9-7-20/h3-9,16,19,21,25,27H,10-15,17-18H2,1-2H3/t19-,25+/m0/s1. The fourth-order valence-electron chi connectivity index (χ4n) is 5.11. The van der Waals surface area contributed by atoms with E-state index < -0.39 is 0 Å². The number of methoxy groups -OCH3 is 1. The van der Waals surface area contributed by atoms with Gasteiger partial charge in [0.25, 0.3) is 0 Å². The Kier molecular flexibility index (Phi) is 7.03. The van der Waals surface area contributed by atoms with Crippen LogP contribution in [0.15, 0.2) is 48.5 Å². The third-order valence-corrected chi connectivity index (χ3v) is 6.74. The lowest BCUT2D eigenvalue weighted by molar-refractivity contribution is 0.0458. The number of benzene rings is 2. The monoisotopic (exact) mass is 411 g/mol. The summed E-state index contributed by atoms with van der Waals surface area (Å²) < 4.78 is 19.3. The summed E-state index contributed by atoms with van der Waals surface area (Å²) in [6, 6.07) is 16.4. The predicted octanol–water partition coefficient (Wildman–Crippen LogP) is 4.08. The highest BCUT2D eigenvalue weighted by Crippen LogP contribution is 2.37. The first kappa shape index (κ1) is 21.3. The van der Waals surface area contributed by atoms with Crippen molar-refractivity contribution in [2.24, 2.45) is 5.92 Å². The number of piperidine rings is 1. The molecule has 4 nitrogen and oxygen atoms in total. The summed E-state index contributed by atoms with van der Waals surface area (Å²) in [5, 5.41) is 3.49. The minimum atomic E-state index is -0.128. The average molecular weight is 412 g/mol. The van der Waals surface area contributed by atoms with Crippen LogP contribution in [0.25, 0.3) is 0 Å². The molecular formula is C25H34FN3O. The first-order valence-corrected chi connectivity index (χ1v) is 11.2. The Balaban J connectivity index is 1.44.